The Labute approximate surface area is 75.6 Å². The van der Waals surface area contributed by atoms with Crippen molar-refractivity contribution in [2.45, 2.75) is 13.3 Å². The summed E-state index contributed by atoms with van der Waals surface area (Å²) in [5.41, 5.74) is 6.35. The van der Waals surface area contributed by atoms with Gasteiger partial charge in [0.15, 0.2) is 0 Å². The highest BCUT2D eigenvalue weighted by Crippen LogP contribution is 2.26. The number of nitrogens with two attached hydrogens (primary N) is 1. The highest BCUT2D eigenvalue weighted by molar-refractivity contribution is 5.94. The number of hydrogen-bond donors (Lipinski definition) is 3. The van der Waals surface area contributed by atoms with Gasteiger partial charge in [0.05, 0.1) is 0 Å². The van der Waals surface area contributed by atoms with E-state index < -0.39 is 5.97 Å². The lowest BCUT2D eigenvalue weighted by Crippen LogP contribution is -2.05. The summed E-state index contributed by atoms with van der Waals surface area (Å²) in [6, 6.07) is 2.79. The predicted octanol–water partition coefficient (Wildman–Crippen LogP) is 1.24. The lowest BCUT2D eigenvalue weighted by molar-refractivity contribution is 0.0692. The van der Waals surface area contributed by atoms with Crippen LogP contribution >= 0.6 is 0 Å². The zero-order valence-corrected chi connectivity index (χ0v) is 7.24. The molecule has 0 aromatic heterocycles. The maximum Gasteiger partial charge on any atom is 0.339 e. The fraction of sp³-hybridized carbons (Fsp3) is 0.222. The number of aromatic carboxylic acids is 1. The molecule has 1 aromatic carbocycles. The first kappa shape index (κ1) is 9.38. The molecule has 0 atom stereocenters. The van der Waals surface area contributed by atoms with E-state index >= 15 is 0 Å². The van der Waals surface area contributed by atoms with Crippen molar-refractivity contribution in [3.8, 4) is 5.75 Å². The predicted molar refractivity (Wildman–Crippen MR) is 48.9 cm³/mol. The van der Waals surface area contributed by atoms with Crippen molar-refractivity contribution in [2.24, 2.45) is 0 Å². The molecule has 70 valence electrons. The molecule has 0 radical (unpaired) electrons. The van der Waals surface area contributed by atoms with Gasteiger partial charge in [-0.15, -0.1) is 0 Å². The van der Waals surface area contributed by atoms with Crippen molar-refractivity contribution < 1.29 is 15.0 Å². The molecule has 1 rings (SSSR count). The second-order valence-corrected chi connectivity index (χ2v) is 2.69. The number of phenols is 1. The van der Waals surface area contributed by atoms with Crippen molar-refractivity contribution >= 4 is 11.7 Å². The van der Waals surface area contributed by atoms with E-state index in [2.05, 4.69) is 0 Å². The molecule has 0 saturated carbocycles. The Balaban J connectivity index is 3.43. The summed E-state index contributed by atoms with van der Waals surface area (Å²) in [4.78, 5) is 10.7. The van der Waals surface area contributed by atoms with Gasteiger partial charge >= 0.3 is 5.97 Å². The van der Waals surface area contributed by atoms with E-state index in [1.807, 2.05) is 0 Å². The molecule has 0 aliphatic rings. The summed E-state index contributed by atoms with van der Waals surface area (Å²) >= 11 is 0. The molecular weight excluding hydrogens is 170 g/mol. The quantitative estimate of drug-likeness (QED) is 0.473. The summed E-state index contributed by atoms with van der Waals surface area (Å²) in [6.45, 7) is 1.79. The minimum absolute atomic E-state index is 0.0949. The van der Waals surface area contributed by atoms with Crippen LogP contribution in [0.5, 0.6) is 5.75 Å². The van der Waals surface area contributed by atoms with Gasteiger partial charge in [-0.05, 0) is 24.1 Å². The highest BCUT2D eigenvalue weighted by atomic mass is 16.4. The van der Waals surface area contributed by atoms with E-state index in [1.54, 1.807) is 6.92 Å². The van der Waals surface area contributed by atoms with Crippen LogP contribution in [0.1, 0.15) is 22.8 Å². The highest BCUT2D eigenvalue weighted by Gasteiger charge is 2.16. The molecule has 0 spiro atoms. The van der Waals surface area contributed by atoms with Crippen LogP contribution in [0.3, 0.4) is 0 Å². The summed E-state index contributed by atoms with van der Waals surface area (Å²) in [6.07, 6.45) is 0.488. The summed E-state index contributed by atoms with van der Waals surface area (Å²) in [5, 5.41) is 18.1. The molecule has 0 bridgehead atoms. The van der Waals surface area contributed by atoms with Crippen LogP contribution < -0.4 is 5.73 Å². The minimum atomic E-state index is -1.15. The standard InChI is InChI=1S/C9H11NO3/c1-2-5-6(10)3-4-7(11)8(5)9(12)13/h3-4,11H,2,10H2,1H3,(H,12,13). The SMILES string of the molecule is CCc1c(N)ccc(O)c1C(=O)O. The van der Waals surface area contributed by atoms with Crippen LogP contribution in [0.25, 0.3) is 0 Å². The molecule has 0 heterocycles. The number of hydrogen-bond acceptors (Lipinski definition) is 3. The van der Waals surface area contributed by atoms with Crippen LogP contribution in [0.4, 0.5) is 5.69 Å². The first-order chi connectivity index (χ1) is 6.07. The van der Waals surface area contributed by atoms with Crippen molar-refractivity contribution in [2.75, 3.05) is 5.73 Å². The maximum atomic E-state index is 10.7. The van der Waals surface area contributed by atoms with E-state index in [0.29, 0.717) is 17.7 Å². The Morgan fingerprint density at radius 1 is 1.54 bits per heavy atom. The number of carbonyl (C=O) groups is 1. The van der Waals surface area contributed by atoms with Crippen LogP contribution in [0, 0.1) is 0 Å². The van der Waals surface area contributed by atoms with Gasteiger partial charge in [-0.3, -0.25) is 0 Å². The molecular formula is C9H11NO3. The number of benzene rings is 1. The summed E-state index contributed by atoms with van der Waals surface area (Å²) in [5.74, 6) is -1.39. The molecule has 13 heavy (non-hydrogen) atoms. The van der Waals surface area contributed by atoms with Crippen LogP contribution in [-0.2, 0) is 6.42 Å². The second kappa shape index (κ2) is 3.35. The Morgan fingerprint density at radius 2 is 2.15 bits per heavy atom. The molecule has 0 amide bonds. The molecule has 0 aliphatic carbocycles. The minimum Gasteiger partial charge on any atom is -0.507 e. The number of aromatic hydroxyl groups is 1. The first-order valence-electron chi connectivity index (χ1n) is 3.91. The average Bonchev–Trinajstić information content (AvgIpc) is 2.07. The van der Waals surface area contributed by atoms with Gasteiger partial charge in [0, 0.05) is 5.69 Å². The van der Waals surface area contributed by atoms with Gasteiger partial charge in [0.25, 0.3) is 0 Å². The number of carboxylic acid groups (broad SMARTS) is 1. The van der Waals surface area contributed by atoms with E-state index in [0.717, 1.165) is 0 Å². The van der Waals surface area contributed by atoms with Gasteiger partial charge in [0.1, 0.15) is 11.3 Å². The average molecular weight is 181 g/mol. The normalized spacial score (nSPS) is 9.92. The summed E-state index contributed by atoms with van der Waals surface area (Å²) < 4.78 is 0. The van der Waals surface area contributed by atoms with Gasteiger partial charge in [-0.2, -0.15) is 0 Å². The van der Waals surface area contributed by atoms with Crippen LogP contribution in [-0.4, -0.2) is 16.2 Å². The first-order valence-corrected chi connectivity index (χ1v) is 3.91. The number of carboxylic acids is 1. The zero-order chi connectivity index (χ0) is 10.0. The monoisotopic (exact) mass is 181 g/mol. The van der Waals surface area contributed by atoms with Gasteiger partial charge in [-0.25, -0.2) is 4.79 Å². The Kier molecular flexibility index (Phi) is 2.41. The molecule has 0 aliphatic heterocycles. The number of nitrogen functional groups attached to an aromatic ring is 1. The fourth-order valence-electron chi connectivity index (χ4n) is 1.27. The third-order valence-corrected chi connectivity index (χ3v) is 1.89. The van der Waals surface area contributed by atoms with Crippen molar-refractivity contribution in [3.63, 3.8) is 0 Å². The van der Waals surface area contributed by atoms with E-state index in [4.69, 9.17) is 10.8 Å². The second-order valence-electron chi connectivity index (χ2n) is 2.69. The van der Waals surface area contributed by atoms with Crippen molar-refractivity contribution in [3.05, 3.63) is 23.3 Å². The lowest BCUT2D eigenvalue weighted by atomic mass is 10.0. The number of rotatable bonds is 2. The van der Waals surface area contributed by atoms with Gasteiger partial charge < -0.3 is 15.9 Å². The van der Waals surface area contributed by atoms with E-state index in [1.165, 1.54) is 12.1 Å². The van der Waals surface area contributed by atoms with E-state index in [-0.39, 0.29) is 11.3 Å². The molecule has 0 unspecified atom stereocenters. The maximum absolute atomic E-state index is 10.7. The topological polar surface area (TPSA) is 83.5 Å². The fourth-order valence-corrected chi connectivity index (χ4v) is 1.27. The molecule has 0 saturated heterocycles. The van der Waals surface area contributed by atoms with Gasteiger partial charge in [0.2, 0.25) is 0 Å². The van der Waals surface area contributed by atoms with Crippen LogP contribution in [0.2, 0.25) is 0 Å². The third-order valence-electron chi connectivity index (χ3n) is 1.89. The third kappa shape index (κ3) is 1.56. The van der Waals surface area contributed by atoms with Gasteiger partial charge in [-0.1, -0.05) is 6.92 Å². The van der Waals surface area contributed by atoms with E-state index in [9.17, 15) is 9.90 Å². The van der Waals surface area contributed by atoms with Crippen LogP contribution in [0.15, 0.2) is 12.1 Å². The number of anilines is 1. The lowest BCUT2D eigenvalue weighted by Gasteiger charge is -2.08. The van der Waals surface area contributed by atoms with Crippen molar-refractivity contribution in [1.82, 2.24) is 0 Å². The zero-order valence-electron chi connectivity index (χ0n) is 7.24. The molecule has 0 fully saturated rings. The molecule has 4 nitrogen and oxygen atoms in total. The Morgan fingerprint density at radius 3 is 2.54 bits per heavy atom. The Hall–Kier alpha value is -1.71. The smallest absolute Gasteiger partial charge is 0.339 e. The Bertz CT molecular complexity index is 347. The molecule has 4 N–H and O–H groups in total. The molecule has 4 heteroatoms. The molecule has 1 aromatic rings. The van der Waals surface area contributed by atoms with Crippen molar-refractivity contribution in [1.29, 1.82) is 0 Å². The largest absolute Gasteiger partial charge is 0.507 e. The summed E-state index contributed by atoms with van der Waals surface area (Å²) in [7, 11) is 0.